The summed E-state index contributed by atoms with van der Waals surface area (Å²) in [6, 6.07) is 0.0181. The van der Waals surface area contributed by atoms with Gasteiger partial charge in [0.2, 0.25) is 23.6 Å². The van der Waals surface area contributed by atoms with Gasteiger partial charge >= 0.3 is 0 Å². The number of rotatable bonds is 7. The van der Waals surface area contributed by atoms with E-state index in [1.165, 1.54) is 9.80 Å². The van der Waals surface area contributed by atoms with E-state index in [2.05, 4.69) is 5.32 Å². The van der Waals surface area contributed by atoms with E-state index in [0.29, 0.717) is 6.54 Å². The third kappa shape index (κ3) is 4.58. The number of carbonyl (C=O) groups excluding carboxylic acids is 4. The summed E-state index contributed by atoms with van der Waals surface area (Å²) in [7, 11) is 0. The van der Waals surface area contributed by atoms with Crippen LogP contribution < -0.4 is 5.32 Å². The highest BCUT2D eigenvalue weighted by Crippen LogP contribution is 2.37. The zero-order valence-corrected chi connectivity index (χ0v) is 15.4. The van der Waals surface area contributed by atoms with Gasteiger partial charge in [-0.1, -0.05) is 12.8 Å². The maximum absolute atomic E-state index is 12.4. The molecule has 0 aromatic rings. The van der Waals surface area contributed by atoms with Crippen molar-refractivity contribution in [3.63, 3.8) is 0 Å². The van der Waals surface area contributed by atoms with Gasteiger partial charge in [-0.15, -0.1) is 0 Å². The smallest absolute Gasteiger partial charge is 0.239 e. The Bertz CT molecular complexity index is 522. The minimum atomic E-state index is -0.211. The first-order chi connectivity index (χ1) is 11.8. The van der Waals surface area contributed by atoms with Crippen LogP contribution >= 0.6 is 0 Å². The molecule has 1 saturated heterocycles. The van der Waals surface area contributed by atoms with Crippen LogP contribution in [0.4, 0.5) is 0 Å². The van der Waals surface area contributed by atoms with E-state index >= 15 is 0 Å². The maximum Gasteiger partial charge on any atom is 0.239 e. The van der Waals surface area contributed by atoms with Crippen molar-refractivity contribution in [1.82, 2.24) is 15.1 Å². The highest BCUT2D eigenvalue weighted by atomic mass is 16.2. The van der Waals surface area contributed by atoms with Crippen LogP contribution in [-0.2, 0) is 19.2 Å². The lowest BCUT2D eigenvalue weighted by atomic mass is 9.81. The van der Waals surface area contributed by atoms with E-state index in [-0.39, 0.29) is 61.0 Å². The number of fused-ring (bicyclic) bond motifs is 1. The Hall–Kier alpha value is -1.92. The molecule has 0 aromatic heterocycles. The van der Waals surface area contributed by atoms with Crippen LogP contribution in [0.3, 0.4) is 0 Å². The van der Waals surface area contributed by atoms with Crippen LogP contribution in [0.5, 0.6) is 0 Å². The molecule has 140 valence electrons. The van der Waals surface area contributed by atoms with Gasteiger partial charge in [-0.25, -0.2) is 0 Å². The second kappa shape index (κ2) is 8.45. The van der Waals surface area contributed by atoms with Crippen LogP contribution in [0, 0.1) is 11.8 Å². The van der Waals surface area contributed by atoms with E-state index in [9.17, 15) is 19.2 Å². The molecule has 1 aliphatic heterocycles. The predicted octanol–water partition coefficient (Wildman–Crippen LogP) is 0.925. The summed E-state index contributed by atoms with van der Waals surface area (Å²) in [4.78, 5) is 51.8. The van der Waals surface area contributed by atoms with Gasteiger partial charge in [-0.05, 0) is 33.6 Å². The normalized spacial score (nSPS) is 23.0. The fraction of sp³-hybridized carbons (Fsp3) is 0.778. The molecule has 2 atom stereocenters. The summed E-state index contributed by atoms with van der Waals surface area (Å²) < 4.78 is 0. The molecule has 1 N–H and O–H groups in total. The Kier molecular flexibility index (Phi) is 6.56. The minimum Gasteiger partial charge on any atom is -0.352 e. The predicted molar refractivity (Wildman–Crippen MR) is 92.3 cm³/mol. The maximum atomic E-state index is 12.4. The number of amides is 4. The molecule has 2 rings (SSSR count). The molecule has 2 aliphatic rings. The first-order valence-corrected chi connectivity index (χ1v) is 9.27. The third-order valence-corrected chi connectivity index (χ3v) is 5.00. The van der Waals surface area contributed by atoms with E-state index in [4.69, 9.17) is 0 Å². The lowest BCUT2D eigenvalue weighted by molar-refractivity contribution is -0.141. The number of likely N-dealkylation sites (tertiary alicyclic amines) is 1. The second-order valence-electron chi connectivity index (χ2n) is 7.21. The van der Waals surface area contributed by atoms with E-state index in [1.807, 2.05) is 13.8 Å². The zero-order chi connectivity index (χ0) is 18.6. The third-order valence-electron chi connectivity index (χ3n) is 5.00. The molecule has 7 heteroatoms. The Morgan fingerprint density at radius 3 is 2.20 bits per heavy atom. The van der Waals surface area contributed by atoms with Crippen molar-refractivity contribution in [2.75, 3.05) is 19.6 Å². The quantitative estimate of drug-likeness (QED) is 0.691. The number of hydrogen-bond donors (Lipinski definition) is 1. The molecule has 0 aromatic carbocycles. The minimum absolute atomic E-state index is 0.000651. The number of hydrogen-bond acceptors (Lipinski definition) is 4. The molecule has 1 aliphatic carbocycles. The molecule has 4 amide bonds. The van der Waals surface area contributed by atoms with Gasteiger partial charge in [0, 0.05) is 25.6 Å². The van der Waals surface area contributed by atoms with E-state index in [0.717, 1.165) is 25.7 Å². The molecule has 0 radical (unpaired) electrons. The monoisotopic (exact) mass is 351 g/mol. The molecule has 2 fully saturated rings. The van der Waals surface area contributed by atoms with Gasteiger partial charge < -0.3 is 10.2 Å². The van der Waals surface area contributed by atoms with Gasteiger partial charge in [-0.3, -0.25) is 24.1 Å². The molecular weight excluding hydrogens is 322 g/mol. The summed E-state index contributed by atoms with van der Waals surface area (Å²) >= 11 is 0. The molecule has 7 nitrogen and oxygen atoms in total. The van der Waals surface area contributed by atoms with Crippen LogP contribution in [0.2, 0.25) is 0 Å². The topological polar surface area (TPSA) is 86.8 Å². The number of nitrogens with zero attached hydrogens (tertiary/aromatic N) is 2. The van der Waals surface area contributed by atoms with Gasteiger partial charge in [0.25, 0.3) is 0 Å². The van der Waals surface area contributed by atoms with Crippen LogP contribution in [0.15, 0.2) is 0 Å². The van der Waals surface area contributed by atoms with E-state index < -0.39 is 0 Å². The average molecular weight is 351 g/mol. The summed E-state index contributed by atoms with van der Waals surface area (Å²) in [5.41, 5.74) is 0. The molecule has 0 bridgehead atoms. The molecule has 1 saturated carbocycles. The van der Waals surface area contributed by atoms with Crippen LogP contribution in [0.1, 0.15) is 52.9 Å². The summed E-state index contributed by atoms with van der Waals surface area (Å²) in [6.07, 6.45) is 3.59. The molecule has 0 unspecified atom stereocenters. The first-order valence-electron chi connectivity index (χ1n) is 9.27. The largest absolute Gasteiger partial charge is 0.352 e. The molecule has 0 spiro atoms. The number of nitrogens with one attached hydrogen (secondary N) is 1. The van der Waals surface area contributed by atoms with Crippen molar-refractivity contribution in [3.05, 3.63) is 0 Å². The second-order valence-corrected chi connectivity index (χ2v) is 7.21. The van der Waals surface area contributed by atoms with Crippen molar-refractivity contribution in [3.8, 4) is 0 Å². The zero-order valence-electron chi connectivity index (χ0n) is 15.4. The van der Waals surface area contributed by atoms with Crippen molar-refractivity contribution < 1.29 is 19.2 Å². The molecular formula is C18H29N3O4. The highest BCUT2D eigenvalue weighted by molar-refractivity contribution is 6.05. The highest BCUT2D eigenvalue weighted by Gasteiger charge is 2.47. The Morgan fingerprint density at radius 1 is 1.16 bits per heavy atom. The summed E-state index contributed by atoms with van der Waals surface area (Å²) in [6.45, 7) is 6.06. The Balaban J connectivity index is 1.88. The standard InChI is InChI=1S/C18H29N3O4/c1-4-20(11-15(22)19-12(2)3)16(23)9-10-21-17(24)13-7-5-6-8-14(13)18(21)25/h12-14H,4-11H2,1-3H3,(H,19,22)/t13-,14-/m1/s1. The van der Waals surface area contributed by atoms with E-state index in [1.54, 1.807) is 6.92 Å². The Morgan fingerprint density at radius 2 is 1.72 bits per heavy atom. The number of likely N-dealkylation sites (N-methyl/N-ethyl adjacent to an activating group) is 1. The van der Waals surface area contributed by atoms with Crippen molar-refractivity contribution in [2.24, 2.45) is 11.8 Å². The number of carbonyl (C=O) groups is 4. The van der Waals surface area contributed by atoms with Gasteiger partial charge in [0.15, 0.2) is 0 Å². The number of imide groups is 1. The molecule has 25 heavy (non-hydrogen) atoms. The van der Waals surface area contributed by atoms with Crippen LogP contribution in [0.25, 0.3) is 0 Å². The van der Waals surface area contributed by atoms with Crippen LogP contribution in [-0.4, -0.2) is 59.1 Å². The van der Waals surface area contributed by atoms with Gasteiger partial charge in [-0.2, -0.15) is 0 Å². The first kappa shape index (κ1) is 19.4. The van der Waals surface area contributed by atoms with Crippen molar-refractivity contribution in [2.45, 2.75) is 58.9 Å². The summed E-state index contributed by atoms with van der Waals surface area (Å²) in [5, 5.41) is 2.76. The van der Waals surface area contributed by atoms with Gasteiger partial charge in [0.1, 0.15) is 0 Å². The van der Waals surface area contributed by atoms with Crippen molar-refractivity contribution >= 4 is 23.6 Å². The van der Waals surface area contributed by atoms with Gasteiger partial charge in [0.05, 0.1) is 18.4 Å². The summed E-state index contributed by atoms with van der Waals surface area (Å²) in [5.74, 6) is -1.03. The lowest BCUT2D eigenvalue weighted by Crippen LogP contribution is -2.43. The fourth-order valence-corrected chi connectivity index (χ4v) is 3.73. The SMILES string of the molecule is CCN(CC(=O)NC(C)C)C(=O)CCN1C(=O)[C@@H]2CCCC[C@H]2C1=O. The lowest BCUT2D eigenvalue weighted by Gasteiger charge is -2.22. The fourth-order valence-electron chi connectivity index (χ4n) is 3.73. The average Bonchev–Trinajstić information content (AvgIpc) is 2.81. The Labute approximate surface area is 149 Å². The molecule has 1 heterocycles. The van der Waals surface area contributed by atoms with Crippen molar-refractivity contribution in [1.29, 1.82) is 0 Å².